The topological polar surface area (TPSA) is 66.5 Å². The monoisotopic (exact) mass is 361 g/mol. The van der Waals surface area contributed by atoms with Crippen LogP contribution in [0.25, 0.3) is 32.4 Å². The van der Waals surface area contributed by atoms with Gasteiger partial charge in [0.1, 0.15) is 12.1 Å². The van der Waals surface area contributed by atoms with Crippen LogP contribution in [0.1, 0.15) is 25.7 Å². The smallest absolute Gasteiger partial charge is 0.157 e. The van der Waals surface area contributed by atoms with Gasteiger partial charge in [0.25, 0.3) is 0 Å². The van der Waals surface area contributed by atoms with Crippen molar-refractivity contribution in [3.8, 4) is 11.4 Å². The Morgan fingerprint density at radius 3 is 2.65 bits per heavy atom. The fourth-order valence-electron chi connectivity index (χ4n) is 4.06. The van der Waals surface area contributed by atoms with Crippen LogP contribution in [0, 0.1) is 11.8 Å². The number of pyridine rings is 1. The van der Waals surface area contributed by atoms with Crippen LogP contribution in [0.4, 0.5) is 5.82 Å². The van der Waals surface area contributed by atoms with Crippen LogP contribution in [0.2, 0.25) is 0 Å². The minimum atomic E-state index is 0.586. The van der Waals surface area contributed by atoms with E-state index in [0.29, 0.717) is 6.04 Å². The van der Waals surface area contributed by atoms with Crippen LogP contribution < -0.4 is 5.32 Å². The number of H-pyrrole nitrogens is 1. The summed E-state index contributed by atoms with van der Waals surface area (Å²) in [5.74, 6) is 3.47. The standard InChI is InChI=1S/C20H19N5S/c1-2-13-14-8-9-26-18(14)20(23-16(11-4-5-11)12-6-7-12)24-17(13)15(3-1)19-21-10-22-25-19/h1-3,8-12,16H,4-7H2,(H,23,24)(H,21,22,25). The summed E-state index contributed by atoms with van der Waals surface area (Å²) in [5, 5.41) is 15.5. The molecule has 0 aliphatic heterocycles. The van der Waals surface area contributed by atoms with E-state index in [4.69, 9.17) is 4.98 Å². The maximum absolute atomic E-state index is 5.10. The number of hydrogen-bond acceptors (Lipinski definition) is 5. The number of nitrogens with zero attached hydrogens (tertiary/aromatic N) is 3. The van der Waals surface area contributed by atoms with Gasteiger partial charge in [0.05, 0.1) is 10.2 Å². The maximum atomic E-state index is 5.10. The number of benzene rings is 1. The molecule has 6 heteroatoms. The predicted molar refractivity (Wildman–Crippen MR) is 105 cm³/mol. The van der Waals surface area contributed by atoms with E-state index in [-0.39, 0.29) is 0 Å². The molecular weight excluding hydrogens is 342 g/mol. The highest BCUT2D eigenvalue weighted by molar-refractivity contribution is 7.18. The quantitative estimate of drug-likeness (QED) is 0.534. The molecule has 2 fully saturated rings. The third-order valence-corrected chi connectivity index (χ3v) is 6.58. The molecule has 0 bridgehead atoms. The predicted octanol–water partition coefficient (Wildman–Crippen LogP) is 4.84. The van der Waals surface area contributed by atoms with Gasteiger partial charge in [0.15, 0.2) is 5.82 Å². The van der Waals surface area contributed by atoms with Crippen molar-refractivity contribution < 1.29 is 0 Å². The fourth-order valence-corrected chi connectivity index (χ4v) is 4.92. The zero-order valence-corrected chi connectivity index (χ0v) is 15.1. The minimum Gasteiger partial charge on any atom is -0.366 e. The third-order valence-electron chi connectivity index (χ3n) is 5.66. The molecule has 130 valence electrons. The highest BCUT2D eigenvalue weighted by Crippen LogP contribution is 2.47. The second kappa shape index (κ2) is 5.51. The first-order valence-electron chi connectivity index (χ1n) is 9.31. The molecule has 0 unspecified atom stereocenters. The highest BCUT2D eigenvalue weighted by atomic mass is 32.1. The number of hydrogen-bond donors (Lipinski definition) is 2. The molecule has 2 aliphatic rings. The van der Waals surface area contributed by atoms with Gasteiger partial charge in [0, 0.05) is 22.4 Å². The van der Waals surface area contributed by atoms with Gasteiger partial charge in [-0.15, -0.1) is 11.3 Å². The van der Waals surface area contributed by atoms with E-state index in [1.807, 2.05) is 0 Å². The fraction of sp³-hybridized carbons (Fsp3) is 0.350. The second-order valence-electron chi connectivity index (χ2n) is 7.50. The van der Waals surface area contributed by atoms with Crippen LogP contribution in [-0.4, -0.2) is 26.2 Å². The van der Waals surface area contributed by atoms with E-state index in [2.05, 4.69) is 50.1 Å². The Morgan fingerprint density at radius 1 is 1.08 bits per heavy atom. The van der Waals surface area contributed by atoms with Crippen LogP contribution in [0.5, 0.6) is 0 Å². The lowest BCUT2D eigenvalue weighted by Gasteiger charge is -2.19. The van der Waals surface area contributed by atoms with Gasteiger partial charge in [0.2, 0.25) is 0 Å². The molecule has 26 heavy (non-hydrogen) atoms. The van der Waals surface area contributed by atoms with Gasteiger partial charge in [-0.2, -0.15) is 5.10 Å². The Labute approximate surface area is 154 Å². The molecule has 0 radical (unpaired) electrons. The molecule has 2 aliphatic carbocycles. The van der Waals surface area contributed by atoms with Crippen LogP contribution in [0.15, 0.2) is 36.0 Å². The molecule has 0 spiro atoms. The minimum absolute atomic E-state index is 0.586. The molecule has 5 nitrogen and oxygen atoms in total. The molecule has 4 aromatic rings. The van der Waals surface area contributed by atoms with Crippen molar-refractivity contribution in [2.75, 3.05) is 5.32 Å². The molecule has 0 saturated heterocycles. The summed E-state index contributed by atoms with van der Waals surface area (Å²) in [6, 6.07) is 9.09. The molecular formula is C20H19N5S. The number of anilines is 1. The summed E-state index contributed by atoms with van der Waals surface area (Å²) in [5.41, 5.74) is 1.99. The van der Waals surface area contributed by atoms with Gasteiger partial charge >= 0.3 is 0 Å². The molecule has 0 amide bonds. The van der Waals surface area contributed by atoms with Gasteiger partial charge in [-0.05, 0) is 55.0 Å². The summed E-state index contributed by atoms with van der Waals surface area (Å²) in [4.78, 5) is 9.45. The number of aromatic amines is 1. The Balaban J connectivity index is 1.55. The van der Waals surface area contributed by atoms with Gasteiger partial charge in [-0.25, -0.2) is 9.97 Å². The van der Waals surface area contributed by atoms with E-state index in [9.17, 15) is 0 Å². The lowest BCUT2D eigenvalue weighted by Crippen LogP contribution is -2.24. The first-order valence-corrected chi connectivity index (χ1v) is 10.2. The number of para-hydroxylation sites is 1. The number of nitrogens with one attached hydrogen (secondary N) is 2. The van der Waals surface area contributed by atoms with Crippen LogP contribution >= 0.6 is 11.3 Å². The van der Waals surface area contributed by atoms with Crippen molar-refractivity contribution in [2.45, 2.75) is 31.7 Å². The third kappa shape index (κ3) is 2.32. The Kier molecular flexibility index (Phi) is 3.11. The average molecular weight is 361 g/mol. The molecule has 6 rings (SSSR count). The van der Waals surface area contributed by atoms with Crippen LogP contribution in [-0.2, 0) is 0 Å². The lowest BCUT2D eigenvalue weighted by atomic mass is 10.1. The zero-order chi connectivity index (χ0) is 17.1. The Bertz CT molecular complexity index is 1080. The van der Waals surface area contributed by atoms with E-state index in [1.54, 1.807) is 17.7 Å². The summed E-state index contributed by atoms with van der Waals surface area (Å²) < 4.78 is 1.26. The number of rotatable bonds is 5. The molecule has 0 atom stereocenters. The largest absolute Gasteiger partial charge is 0.366 e. The first kappa shape index (κ1) is 14.7. The molecule has 3 heterocycles. The van der Waals surface area contributed by atoms with E-state index in [1.165, 1.54) is 41.2 Å². The average Bonchev–Trinajstić information content (AvgIpc) is 3.58. The SMILES string of the molecule is c1cc(-c2ncn[nH]2)c2nc(NC(C3CC3)C3CC3)c3sccc3c2c1. The van der Waals surface area contributed by atoms with Crippen molar-refractivity contribution in [1.82, 2.24) is 20.2 Å². The summed E-state index contributed by atoms with van der Waals surface area (Å²) >= 11 is 1.78. The summed E-state index contributed by atoms with van der Waals surface area (Å²) in [6.07, 6.45) is 6.99. The molecule has 2 saturated carbocycles. The summed E-state index contributed by atoms with van der Waals surface area (Å²) in [7, 11) is 0. The molecule has 3 aromatic heterocycles. The maximum Gasteiger partial charge on any atom is 0.157 e. The van der Waals surface area contributed by atoms with Crippen LogP contribution in [0.3, 0.4) is 0 Å². The number of thiophene rings is 1. The van der Waals surface area contributed by atoms with Crippen molar-refractivity contribution >= 4 is 38.1 Å². The molecule has 1 aromatic carbocycles. The van der Waals surface area contributed by atoms with Gasteiger partial charge < -0.3 is 5.32 Å². The van der Waals surface area contributed by atoms with E-state index in [0.717, 1.165) is 34.6 Å². The molecule has 2 N–H and O–H groups in total. The normalized spacial score (nSPS) is 17.4. The van der Waals surface area contributed by atoms with Crippen molar-refractivity contribution in [3.63, 3.8) is 0 Å². The number of aromatic nitrogens is 4. The first-order chi connectivity index (χ1) is 12.9. The van der Waals surface area contributed by atoms with E-state index >= 15 is 0 Å². The second-order valence-corrected chi connectivity index (χ2v) is 8.42. The van der Waals surface area contributed by atoms with E-state index < -0.39 is 0 Å². The van der Waals surface area contributed by atoms with Gasteiger partial charge in [-0.3, -0.25) is 5.10 Å². The number of fused-ring (bicyclic) bond motifs is 3. The summed E-state index contributed by atoms with van der Waals surface area (Å²) in [6.45, 7) is 0. The van der Waals surface area contributed by atoms with Gasteiger partial charge in [-0.1, -0.05) is 12.1 Å². The Hall–Kier alpha value is -2.47. The van der Waals surface area contributed by atoms with Crippen molar-refractivity contribution in [1.29, 1.82) is 0 Å². The highest BCUT2D eigenvalue weighted by Gasteiger charge is 2.41. The van der Waals surface area contributed by atoms with Crippen molar-refractivity contribution in [2.24, 2.45) is 11.8 Å². The Morgan fingerprint density at radius 2 is 1.92 bits per heavy atom. The van der Waals surface area contributed by atoms with Crippen molar-refractivity contribution in [3.05, 3.63) is 36.0 Å². The zero-order valence-electron chi connectivity index (χ0n) is 14.3. The lowest BCUT2D eigenvalue weighted by molar-refractivity contribution is 0.567.